The first-order valence-electron chi connectivity index (χ1n) is 4.31. The van der Waals surface area contributed by atoms with E-state index in [4.69, 9.17) is 0 Å². The Morgan fingerprint density at radius 1 is 1.29 bits per heavy atom. The summed E-state index contributed by atoms with van der Waals surface area (Å²) in [6.07, 6.45) is 0. The lowest BCUT2D eigenvalue weighted by atomic mass is 10.3. The summed E-state index contributed by atoms with van der Waals surface area (Å²) in [5.74, 6) is 0. The van der Waals surface area contributed by atoms with Gasteiger partial charge >= 0.3 is 0 Å². The lowest BCUT2D eigenvalue weighted by Crippen LogP contribution is -2.33. The SMILES string of the molecule is Cc1ccc(NS(=O)(=O)C(C)(C)C)s1. The first-order valence-corrected chi connectivity index (χ1v) is 6.61. The molecular formula is C9H15NO2S2. The molecule has 14 heavy (non-hydrogen) atoms. The van der Waals surface area contributed by atoms with E-state index in [2.05, 4.69) is 4.72 Å². The summed E-state index contributed by atoms with van der Waals surface area (Å²) in [5, 5.41) is 0.678. The molecule has 0 aliphatic rings. The van der Waals surface area contributed by atoms with Crippen molar-refractivity contribution in [2.75, 3.05) is 4.72 Å². The standard InChI is InChI=1S/C9H15NO2S2/c1-7-5-6-8(13-7)10-14(11,12)9(2,3)4/h5-6,10H,1-4H3. The summed E-state index contributed by atoms with van der Waals surface area (Å²) in [4.78, 5) is 1.09. The number of anilines is 1. The molecule has 0 unspecified atom stereocenters. The fourth-order valence-corrected chi connectivity index (χ4v) is 2.53. The monoisotopic (exact) mass is 233 g/mol. The van der Waals surface area contributed by atoms with Crippen LogP contribution in [0.25, 0.3) is 0 Å². The summed E-state index contributed by atoms with van der Waals surface area (Å²) in [7, 11) is -3.28. The fourth-order valence-electron chi connectivity index (χ4n) is 0.775. The van der Waals surface area contributed by atoms with E-state index in [9.17, 15) is 8.42 Å². The Bertz CT molecular complexity index is 412. The maximum Gasteiger partial charge on any atom is 0.238 e. The van der Waals surface area contributed by atoms with E-state index in [-0.39, 0.29) is 0 Å². The first-order chi connectivity index (χ1) is 6.22. The van der Waals surface area contributed by atoms with Gasteiger partial charge in [0, 0.05) is 4.88 Å². The molecule has 0 atom stereocenters. The molecular weight excluding hydrogens is 218 g/mol. The van der Waals surface area contributed by atoms with Crippen LogP contribution in [0.2, 0.25) is 0 Å². The molecule has 5 heteroatoms. The Morgan fingerprint density at radius 2 is 1.86 bits per heavy atom. The quantitative estimate of drug-likeness (QED) is 0.853. The molecule has 0 saturated carbocycles. The molecule has 1 heterocycles. The van der Waals surface area contributed by atoms with E-state index in [1.54, 1.807) is 26.8 Å². The molecule has 0 amide bonds. The van der Waals surface area contributed by atoms with Gasteiger partial charge in [-0.25, -0.2) is 8.42 Å². The van der Waals surface area contributed by atoms with E-state index in [0.717, 1.165) is 4.88 Å². The largest absolute Gasteiger partial charge is 0.274 e. The Balaban J connectivity index is 2.90. The van der Waals surface area contributed by atoms with Crippen LogP contribution < -0.4 is 4.72 Å². The second-order valence-electron chi connectivity index (χ2n) is 4.13. The van der Waals surface area contributed by atoms with E-state index in [1.165, 1.54) is 11.3 Å². The molecule has 0 saturated heterocycles. The minimum atomic E-state index is -3.28. The van der Waals surface area contributed by atoms with Gasteiger partial charge in [-0.3, -0.25) is 4.72 Å². The topological polar surface area (TPSA) is 46.2 Å². The normalized spacial score (nSPS) is 12.9. The molecule has 1 aromatic rings. The summed E-state index contributed by atoms with van der Waals surface area (Å²) in [5.41, 5.74) is 0. The van der Waals surface area contributed by atoms with Crippen LogP contribution in [0.1, 0.15) is 25.6 Å². The molecule has 1 aromatic heterocycles. The van der Waals surface area contributed by atoms with E-state index < -0.39 is 14.8 Å². The van der Waals surface area contributed by atoms with Crippen LogP contribution in [0.4, 0.5) is 5.00 Å². The third-order valence-corrected chi connectivity index (χ3v) is 4.93. The third kappa shape index (κ3) is 2.48. The second kappa shape index (κ2) is 3.55. The molecule has 1 rings (SSSR count). The molecule has 80 valence electrons. The van der Waals surface area contributed by atoms with Gasteiger partial charge in [-0.2, -0.15) is 0 Å². The van der Waals surface area contributed by atoms with Gasteiger partial charge in [0.25, 0.3) is 0 Å². The van der Waals surface area contributed by atoms with Crippen molar-refractivity contribution in [1.29, 1.82) is 0 Å². The average molecular weight is 233 g/mol. The number of sulfonamides is 1. The summed E-state index contributed by atoms with van der Waals surface area (Å²) >= 11 is 1.44. The third-order valence-electron chi connectivity index (χ3n) is 1.78. The van der Waals surface area contributed by atoms with Gasteiger partial charge in [0.1, 0.15) is 5.00 Å². The van der Waals surface area contributed by atoms with Crippen LogP contribution in [0.15, 0.2) is 12.1 Å². The van der Waals surface area contributed by atoms with Crippen LogP contribution in [0.5, 0.6) is 0 Å². The lowest BCUT2D eigenvalue weighted by molar-refractivity contribution is 0.566. The van der Waals surface area contributed by atoms with Crippen molar-refractivity contribution in [2.45, 2.75) is 32.4 Å². The predicted octanol–water partition coefficient (Wildman–Crippen LogP) is 2.60. The first kappa shape index (κ1) is 11.5. The number of thiophene rings is 1. The average Bonchev–Trinajstić information content (AvgIpc) is 2.31. The highest BCUT2D eigenvalue weighted by molar-refractivity contribution is 7.94. The smallest absolute Gasteiger partial charge is 0.238 e. The zero-order valence-electron chi connectivity index (χ0n) is 8.79. The Hall–Kier alpha value is -0.550. The van der Waals surface area contributed by atoms with Gasteiger partial charge in [-0.05, 0) is 39.8 Å². The molecule has 0 aliphatic carbocycles. The molecule has 0 bridgehead atoms. The van der Waals surface area contributed by atoms with Crippen LogP contribution in [0, 0.1) is 6.92 Å². The Labute approximate surface area is 89.2 Å². The molecule has 0 aromatic carbocycles. The van der Waals surface area contributed by atoms with Crippen molar-refractivity contribution in [2.24, 2.45) is 0 Å². The van der Waals surface area contributed by atoms with Gasteiger partial charge in [0.05, 0.1) is 4.75 Å². The van der Waals surface area contributed by atoms with E-state index in [1.807, 2.05) is 13.0 Å². The van der Waals surface area contributed by atoms with Gasteiger partial charge < -0.3 is 0 Å². The number of hydrogen-bond acceptors (Lipinski definition) is 3. The molecule has 0 aliphatic heterocycles. The molecule has 1 N–H and O–H groups in total. The van der Waals surface area contributed by atoms with Crippen molar-refractivity contribution in [3.8, 4) is 0 Å². The second-order valence-corrected chi connectivity index (χ2v) is 7.85. The van der Waals surface area contributed by atoms with Crippen LogP contribution in [-0.2, 0) is 10.0 Å². The molecule has 3 nitrogen and oxygen atoms in total. The maximum atomic E-state index is 11.7. The van der Waals surface area contributed by atoms with Gasteiger partial charge in [0.15, 0.2) is 0 Å². The number of aryl methyl sites for hydroxylation is 1. The predicted molar refractivity (Wildman–Crippen MR) is 61.4 cm³/mol. The van der Waals surface area contributed by atoms with Crippen molar-refractivity contribution in [3.63, 3.8) is 0 Å². The number of rotatable bonds is 2. The zero-order valence-corrected chi connectivity index (χ0v) is 10.4. The van der Waals surface area contributed by atoms with Crippen molar-refractivity contribution in [3.05, 3.63) is 17.0 Å². The zero-order chi connectivity index (χ0) is 11.0. The van der Waals surface area contributed by atoms with Gasteiger partial charge in [-0.1, -0.05) is 0 Å². The van der Waals surface area contributed by atoms with Gasteiger partial charge in [-0.15, -0.1) is 11.3 Å². The highest BCUT2D eigenvalue weighted by Crippen LogP contribution is 2.25. The highest BCUT2D eigenvalue weighted by atomic mass is 32.2. The summed E-state index contributed by atoms with van der Waals surface area (Å²) in [6.45, 7) is 6.97. The van der Waals surface area contributed by atoms with E-state index in [0.29, 0.717) is 5.00 Å². The summed E-state index contributed by atoms with van der Waals surface area (Å²) in [6, 6.07) is 3.68. The molecule has 0 spiro atoms. The minimum absolute atomic E-state index is 0.678. The molecule has 0 radical (unpaired) electrons. The Morgan fingerprint density at radius 3 is 2.21 bits per heavy atom. The van der Waals surface area contributed by atoms with E-state index >= 15 is 0 Å². The summed E-state index contributed by atoms with van der Waals surface area (Å²) < 4.78 is 25.2. The number of nitrogens with one attached hydrogen (secondary N) is 1. The number of hydrogen-bond donors (Lipinski definition) is 1. The van der Waals surface area contributed by atoms with Crippen molar-refractivity contribution >= 4 is 26.4 Å². The lowest BCUT2D eigenvalue weighted by Gasteiger charge is -2.19. The molecule has 0 fully saturated rings. The Kier molecular flexibility index (Phi) is 2.92. The van der Waals surface area contributed by atoms with Crippen molar-refractivity contribution < 1.29 is 8.42 Å². The van der Waals surface area contributed by atoms with Gasteiger partial charge in [0.2, 0.25) is 10.0 Å². The van der Waals surface area contributed by atoms with Crippen LogP contribution in [0.3, 0.4) is 0 Å². The maximum absolute atomic E-state index is 11.7. The van der Waals surface area contributed by atoms with Crippen LogP contribution in [-0.4, -0.2) is 13.2 Å². The highest BCUT2D eigenvalue weighted by Gasteiger charge is 2.29. The minimum Gasteiger partial charge on any atom is -0.274 e. The fraction of sp³-hybridized carbons (Fsp3) is 0.556. The van der Waals surface area contributed by atoms with Crippen LogP contribution >= 0.6 is 11.3 Å². The van der Waals surface area contributed by atoms with Crippen molar-refractivity contribution in [1.82, 2.24) is 0 Å².